The number of aliphatic imine (C=N–C) groups is 1. The lowest BCUT2D eigenvalue weighted by Crippen LogP contribution is -2.30. The van der Waals surface area contributed by atoms with Crippen molar-refractivity contribution in [2.45, 2.75) is 103 Å². The number of hydrogen-bond donors (Lipinski definition) is 1. The Hall–Kier alpha value is -3.24. The molecule has 1 fully saturated rings. The van der Waals surface area contributed by atoms with Gasteiger partial charge in [0.2, 0.25) is 0 Å². The molecule has 4 heteroatoms. The van der Waals surface area contributed by atoms with Crippen molar-refractivity contribution in [1.29, 1.82) is 0 Å². The van der Waals surface area contributed by atoms with E-state index in [1.165, 1.54) is 46.4 Å². The topological polar surface area (TPSA) is 52.9 Å². The third kappa shape index (κ3) is 8.27. The largest absolute Gasteiger partial charge is 0.393 e. The van der Waals surface area contributed by atoms with Crippen molar-refractivity contribution >= 4 is 17.6 Å². The minimum Gasteiger partial charge on any atom is -0.393 e. The van der Waals surface area contributed by atoms with E-state index in [0.717, 1.165) is 76.5 Å². The standard InChI is InChI=1S/C40H52N2O2/c1-4-8-30(10-5-9-29(2)3)31-13-15-32(16-14-31)35-17-18-36-28-41-24-23-39(38(36)27-35)42-25-6-11-33(12-7-26-42)40(44)34-19-21-37(43)22-20-34/h5,9,11,13-17,23-24,27-30,34,37,43H,4,6-8,10,12,18-22,25-26H2,1-3H3/b9-5+,33-11-/t30-,34-,37-/m0/s1. The van der Waals surface area contributed by atoms with Crippen LogP contribution in [-0.2, 0) is 4.79 Å². The van der Waals surface area contributed by atoms with Gasteiger partial charge in [0, 0.05) is 42.7 Å². The van der Waals surface area contributed by atoms with E-state index in [2.05, 4.69) is 91.4 Å². The lowest BCUT2D eigenvalue weighted by atomic mass is 9.81. The normalized spacial score (nSPS) is 24.7. The number of fused-ring (bicyclic) bond motifs is 1. The third-order valence-corrected chi connectivity index (χ3v) is 9.70. The maximum atomic E-state index is 13.3. The minimum absolute atomic E-state index is 0.0968. The molecule has 0 spiro atoms. The Kier molecular flexibility index (Phi) is 11.4. The fourth-order valence-corrected chi connectivity index (χ4v) is 7.18. The van der Waals surface area contributed by atoms with Gasteiger partial charge in [-0.05, 0) is 116 Å². The summed E-state index contributed by atoms with van der Waals surface area (Å²) in [5.41, 5.74) is 8.78. The van der Waals surface area contributed by atoms with Gasteiger partial charge in [-0.15, -0.1) is 0 Å². The molecule has 1 saturated carbocycles. The van der Waals surface area contributed by atoms with Gasteiger partial charge in [0.15, 0.2) is 5.78 Å². The molecular formula is C40H52N2O2. The van der Waals surface area contributed by atoms with Crippen LogP contribution >= 0.6 is 0 Å². The minimum atomic E-state index is -0.224. The number of aliphatic hydroxyl groups excluding tert-OH is 1. The van der Waals surface area contributed by atoms with E-state index in [-0.39, 0.29) is 12.0 Å². The number of Topliss-reactive ketones (excluding diaryl/α,β-unsaturated/α-hetero) is 1. The second kappa shape index (κ2) is 15.7. The molecule has 4 nitrogen and oxygen atoms in total. The Morgan fingerprint density at radius 3 is 2.64 bits per heavy atom. The fourth-order valence-electron chi connectivity index (χ4n) is 7.18. The summed E-state index contributed by atoms with van der Waals surface area (Å²) in [7, 11) is 0. The Morgan fingerprint density at radius 2 is 1.89 bits per heavy atom. The molecule has 1 atom stereocenters. The number of rotatable bonds is 10. The zero-order chi connectivity index (χ0) is 30.9. The van der Waals surface area contributed by atoms with Crippen LogP contribution in [-0.4, -0.2) is 41.2 Å². The predicted molar refractivity (Wildman–Crippen MR) is 184 cm³/mol. The van der Waals surface area contributed by atoms with E-state index in [0.29, 0.717) is 17.6 Å². The number of carbonyl (C=O) groups is 1. The van der Waals surface area contributed by atoms with Crippen molar-refractivity contribution in [3.05, 3.63) is 100 Å². The number of allylic oxidation sites excluding steroid dienone is 8. The monoisotopic (exact) mass is 592 g/mol. The second-order valence-corrected chi connectivity index (χ2v) is 13.4. The maximum Gasteiger partial charge on any atom is 0.161 e. The number of nitrogens with zero attached hydrogens (tertiary/aromatic N) is 2. The molecule has 2 heterocycles. The first-order valence-corrected chi connectivity index (χ1v) is 17.2. The van der Waals surface area contributed by atoms with E-state index in [1.54, 1.807) is 0 Å². The number of hydrogen-bond acceptors (Lipinski definition) is 4. The fraction of sp³-hybridized carbons (Fsp3) is 0.500. The van der Waals surface area contributed by atoms with Gasteiger partial charge in [-0.2, -0.15) is 0 Å². The van der Waals surface area contributed by atoms with Crippen LogP contribution in [0.1, 0.15) is 108 Å². The van der Waals surface area contributed by atoms with Crippen molar-refractivity contribution < 1.29 is 9.90 Å². The third-order valence-electron chi connectivity index (χ3n) is 9.70. The van der Waals surface area contributed by atoms with E-state index < -0.39 is 0 Å². The molecule has 234 valence electrons. The summed E-state index contributed by atoms with van der Waals surface area (Å²) in [5, 5.41) is 9.87. The number of carbonyl (C=O) groups excluding carboxylic acids is 1. The van der Waals surface area contributed by atoms with E-state index in [1.807, 2.05) is 12.4 Å². The Balaban J connectivity index is 1.29. The van der Waals surface area contributed by atoms with E-state index >= 15 is 0 Å². The Labute approximate surface area is 265 Å². The zero-order valence-corrected chi connectivity index (χ0v) is 27.2. The highest BCUT2D eigenvalue weighted by Crippen LogP contribution is 2.37. The number of benzene rings is 1. The summed E-state index contributed by atoms with van der Waals surface area (Å²) in [5.74, 6) is 1.59. The molecule has 2 aliphatic heterocycles. The molecule has 2 aliphatic carbocycles. The molecule has 0 bridgehead atoms. The molecule has 0 aromatic heterocycles. The van der Waals surface area contributed by atoms with Crippen LogP contribution in [0.4, 0.5) is 0 Å². The lowest BCUT2D eigenvalue weighted by molar-refractivity contribution is -0.120. The van der Waals surface area contributed by atoms with Crippen LogP contribution in [0, 0.1) is 11.8 Å². The highest BCUT2D eigenvalue weighted by molar-refractivity contribution is 5.97. The quantitative estimate of drug-likeness (QED) is 0.276. The van der Waals surface area contributed by atoms with Gasteiger partial charge in [0.25, 0.3) is 0 Å². The van der Waals surface area contributed by atoms with E-state index in [4.69, 9.17) is 0 Å². The summed E-state index contributed by atoms with van der Waals surface area (Å²) >= 11 is 0. The molecule has 0 amide bonds. The number of ketones is 1. The summed E-state index contributed by atoms with van der Waals surface area (Å²) in [6, 6.07) is 9.31. The Morgan fingerprint density at radius 1 is 1.09 bits per heavy atom. The smallest absolute Gasteiger partial charge is 0.161 e. The maximum absolute atomic E-state index is 13.3. The van der Waals surface area contributed by atoms with E-state index in [9.17, 15) is 9.90 Å². The highest BCUT2D eigenvalue weighted by Gasteiger charge is 2.28. The van der Waals surface area contributed by atoms with Gasteiger partial charge in [0.1, 0.15) is 0 Å². The van der Waals surface area contributed by atoms with Crippen molar-refractivity contribution in [1.82, 2.24) is 4.90 Å². The van der Waals surface area contributed by atoms with Crippen LogP contribution in [0.3, 0.4) is 0 Å². The van der Waals surface area contributed by atoms with Gasteiger partial charge < -0.3 is 10.0 Å². The van der Waals surface area contributed by atoms with Gasteiger partial charge in [-0.3, -0.25) is 9.79 Å². The van der Waals surface area contributed by atoms with Gasteiger partial charge in [0.05, 0.1) is 6.10 Å². The van der Waals surface area contributed by atoms with Crippen LogP contribution in [0.2, 0.25) is 0 Å². The molecule has 5 rings (SSSR count). The molecule has 4 aliphatic rings. The molecule has 1 N–H and O–H groups in total. The molecule has 1 aromatic rings. The zero-order valence-electron chi connectivity index (χ0n) is 27.2. The molecular weight excluding hydrogens is 540 g/mol. The average molecular weight is 593 g/mol. The van der Waals surface area contributed by atoms with Gasteiger partial charge >= 0.3 is 0 Å². The van der Waals surface area contributed by atoms with Crippen LogP contribution < -0.4 is 0 Å². The van der Waals surface area contributed by atoms with Crippen molar-refractivity contribution in [2.24, 2.45) is 16.8 Å². The molecule has 0 unspecified atom stereocenters. The van der Waals surface area contributed by atoms with Crippen LogP contribution in [0.5, 0.6) is 0 Å². The van der Waals surface area contributed by atoms with Gasteiger partial charge in [-0.25, -0.2) is 0 Å². The summed E-state index contributed by atoms with van der Waals surface area (Å²) in [4.78, 5) is 20.3. The first kappa shape index (κ1) is 32.2. The SMILES string of the molecule is CCC[C@@H](C/C=C/C(C)C)c1ccc(C2=CCC3=CN=CC=C(N4CC/C=C(\C(=O)[C@H]5CC[C@H](O)CC5)CCC4)C3=C2)cc1. The first-order valence-electron chi connectivity index (χ1n) is 17.2. The summed E-state index contributed by atoms with van der Waals surface area (Å²) in [6.45, 7) is 8.58. The average Bonchev–Trinajstić information content (AvgIpc) is 3.23. The first-order chi connectivity index (χ1) is 21.4. The van der Waals surface area contributed by atoms with Crippen molar-refractivity contribution in [2.75, 3.05) is 13.1 Å². The Bertz CT molecular complexity index is 1360. The second-order valence-electron chi connectivity index (χ2n) is 13.4. The van der Waals surface area contributed by atoms with Crippen LogP contribution in [0.15, 0.2) is 94.3 Å². The molecule has 44 heavy (non-hydrogen) atoms. The molecule has 0 saturated heterocycles. The molecule has 1 aromatic carbocycles. The predicted octanol–water partition coefficient (Wildman–Crippen LogP) is 9.27. The van der Waals surface area contributed by atoms with Gasteiger partial charge in [-0.1, -0.05) is 75.8 Å². The number of aliphatic hydroxyl groups is 1. The van der Waals surface area contributed by atoms with Crippen molar-refractivity contribution in [3.8, 4) is 0 Å². The van der Waals surface area contributed by atoms with Crippen molar-refractivity contribution in [3.63, 3.8) is 0 Å². The lowest BCUT2D eigenvalue weighted by Gasteiger charge is -2.32. The molecule has 0 radical (unpaired) electrons. The summed E-state index contributed by atoms with van der Waals surface area (Å²) in [6.07, 6.45) is 27.7. The summed E-state index contributed by atoms with van der Waals surface area (Å²) < 4.78 is 0. The highest BCUT2D eigenvalue weighted by atomic mass is 16.3. The van der Waals surface area contributed by atoms with Crippen LogP contribution in [0.25, 0.3) is 5.57 Å².